The molecule has 0 aromatic heterocycles. The quantitative estimate of drug-likeness (QED) is 0.712. The first-order valence-corrected chi connectivity index (χ1v) is 7.25. The van der Waals surface area contributed by atoms with Gasteiger partial charge < -0.3 is 10.4 Å². The van der Waals surface area contributed by atoms with Gasteiger partial charge in [0.2, 0.25) is 0 Å². The fourth-order valence-electron chi connectivity index (χ4n) is 3.30. The highest BCUT2D eigenvalue weighted by Crippen LogP contribution is 2.41. The molecule has 2 N–H and O–H groups in total. The van der Waals surface area contributed by atoms with E-state index in [0.29, 0.717) is 25.0 Å². The largest absolute Gasteiger partial charge is 0.395 e. The van der Waals surface area contributed by atoms with Crippen molar-refractivity contribution >= 4 is 0 Å². The van der Waals surface area contributed by atoms with Gasteiger partial charge in [-0.15, -0.1) is 0 Å². The predicted molar refractivity (Wildman–Crippen MR) is 73.5 cm³/mol. The van der Waals surface area contributed by atoms with E-state index in [-0.39, 0.29) is 18.6 Å². The average Bonchev–Trinajstić information content (AvgIpc) is 2.56. The van der Waals surface area contributed by atoms with Crippen LogP contribution in [0.2, 0.25) is 0 Å². The Morgan fingerprint density at radius 1 is 1.42 bits per heavy atom. The van der Waals surface area contributed by atoms with Gasteiger partial charge in [-0.3, -0.25) is 4.90 Å². The van der Waals surface area contributed by atoms with Gasteiger partial charge in [-0.2, -0.15) is 0 Å². The molecule has 0 radical (unpaired) electrons. The zero-order valence-corrected chi connectivity index (χ0v) is 12.3. The topological polar surface area (TPSA) is 35.5 Å². The van der Waals surface area contributed by atoms with Gasteiger partial charge in [0.25, 0.3) is 6.43 Å². The van der Waals surface area contributed by atoms with Crippen LogP contribution in [-0.4, -0.2) is 55.3 Å². The summed E-state index contributed by atoms with van der Waals surface area (Å²) >= 11 is 0. The molecule has 0 aliphatic heterocycles. The monoisotopic (exact) mass is 278 g/mol. The van der Waals surface area contributed by atoms with E-state index < -0.39 is 6.43 Å². The molecule has 5 heteroatoms. The lowest BCUT2D eigenvalue weighted by Crippen LogP contribution is -2.46. The molecule has 0 spiro atoms. The second-order valence-electron chi connectivity index (χ2n) is 6.20. The number of hydrogen-bond donors (Lipinski definition) is 2. The van der Waals surface area contributed by atoms with Gasteiger partial charge >= 0.3 is 0 Å². The number of rotatable bonds is 8. The molecule has 1 fully saturated rings. The number of aliphatic hydroxyl groups excluding tert-OH is 1. The zero-order chi connectivity index (χ0) is 14.5. The van der Waals surface area contributed by atoms with Crippen molar-refractivity contribution in [1.82, 2.24) is 10.2 Å². The van der Waals surface area contributed by atoms with E-state index >= 15 is 0 Å². The van der Waals surface area contributed by atoms with Crippen LogP contribution in [-0.2, 0) is 0 Å². The van der Waals surface area contributed by atoms with Gasteiger partial charge in [-0.25, -0.2) is 8.78 Å². The molecule has 1 rings (SSSR count). The van der Waals surface area contributed by atoms with Crippen LogP contribution in [0.1, 0.15) is 33.6 Å². The summed E-state index contributed by atoms with van der Waals surface area (Å²) in [6.07, 6.45) is -0.147. The van der Waals surface area contributed by atoms with E-state index in [9.17, 15) is 8.78 Å². The minimum Gasteiger partial charge on any atom is -0.395 e. The van der Waals surface area contributed by atoms with Crippen LogP contribution >= 0.6 is 0 Å². The first kappa shape index (κ1) is 16.8. The average molecular weight is 278 g/mol. The van der Waals surface area contributed by atoms with E-state index in [4.69, 9.17) is 5.11 Å². The maximum absolute atomic E-state index is 12.5. The van der Waals surface area contributed by atoms with Crippen molar-refractivity contribution < 1.29 is 13.9 Å². The van der Waals surface area contributed by atoms with Crippen LogP contribution < -0.4 is 5.32 Å². The first-order valence-electron chi connectivity index (χ1n) is 7.25. The second kappa shape index (κ2) is 7.50. The van der Waals surface area contributed by atoms with Crippen molar-refractivity contribution in [1.29, 1.82) is 0 Å². The number of halogens is 2. The fraction of sp³-hybridized carbons (Fsp3) is 1.00. The fourth-order valence-corrected chi connectivity index (χ4v) is 3.30. The molecule has 2 unspecified atom stereocenters. The summed E-state index contributed by atoms with van der Waals surface area (Å²) in [4.78, 5) is 1.70. The van der Waals surface area contributed by atoms with Gasteiger partial charge in [0.1, 0.15) is 0 Å². The first-order chi connectivity index (χ1) is 8.90. The zero-order valence-electron chi connectivity index (χ0n) is 12.3. The Morgan fingerprint density at radius 2 is 2.11 bits per heavy atom. The standard InChI is InChI=1S/C14H28F2N2O/c1-4-17-13-11(5-6-14(13,2)3)9-18(7-8-19)10-12(15)16/h11-13,17,19H,4-10H2,1-3H3. The van der Waals surface area contributed by atoms with Crippen molar-refractivity contribution in [3.05, 3.63) is 0 Å². The summed E-state index contributed by atoms with van der Waals surface area (Å²) in [7, 11) is 0. The summed E-state index contributed by atoms with van der Waals surface area (Å²) in [5.74, 6) is 0.389. The molecule has 114 valence electrons. The van der Waals surface area contributed by atoms with Crippen LogP contribution in [0.5, 0.6) is 0 Å². The molecule has 1 saturated carbocycles. The van der Waals surface area contributed by atoms with Crippen LogP contribution in [0, 0.1) is 11.3 Å². The molecule has 0 heterocycles. The highest BCUT2D eigenvalue weighted by molar-refractivity contribution is 4.97. The molecule has 3 nitrogen and oxygen atoms in total. The summed E-state index contributed by atoms with van der Waals surface area (Å²) < 4.78 is 25.1. The molecule has 0 amide bonds. The lowest BCUT2D eigenvalue weighted by Gasteiger charge is -2.34. The molecule has 19 heavy (non-hydrogen) atoms. The van der Waals surface area contributed by atoms with E-state index in [1.165, 1.54) is 0 Å². The summed E-state index contributed by atoms with van der Waals surface area (Å²) in [6.45, 7) is 8.14. The van der Waals surface area contributed by atoms with Gasteiger partial charge in [-0.1, -0.05) is 20.8 Å². The number of aliphatic hydroxyl groups is 1. The third kappa shape index (κ3) is 4.97. The molecular weight excluding hydrogens is 250 g/mol. The normalized spacial score (nSPS) is 26.5. The van der Waals surface area contributed by atoms with E-state index in [2.05, 4.69) is 26.1 Å². The Hall–Kier alpha value is -0.260. The second-order valence-corrected chi connectivity index (χ2v) is 6.20. The van der Waals surface area contributed by atoms with Gasteiger partial charge in [0, 0.05) is 19.1 Å². The molecule has 2 atom stereocenters. The minimum atomic E-state index is -2.33. The van der Waals surface area contributed by atoms with E-state index in [0.717, 1.165) is 19.4 Å². The van der Waals surface area contributed by atoms with Gasteiger partial charge in [0.05, 0.1) is 13.2 Å². The number of nitrogens with zero attached hydrogens (tertiary/aromatic N) is 1. The smallest absolute Gasteiger partial charge is 0.251 e. The number of alkyl halides is 2. The third-order valence-corrected chi connectivity index (χ3v) is 4.20. The van der Waals surface area contributed by atoms with Crippen molar-refractivity contribution in [3.8, 4) is 0 Å². The van der Waals surface area contributed by atoms with Gasteiger partial charge in [-0.05, 0) is 30.7 Å². The van der Waals surface area contributed by atoms with Crippen molar-refractivity contribution in [3.63, 3.8) is 0 Å². The molecular formula is C14H28F2N2O. The van der Waals surface area contributed by atoms with Gasteiger partial charge in [0.15, 0.2) is 0 Å². The molecule has 1 aliphatic carbocycles. The molecule has 0 aromatic carbocycles. The highest BCUT2D eigenvalue weighted by Gasteiger charge is 2.41. The summed E-state index contributed by atoms with van der Waals surface area (Å²) in [5, 5.41) is 12.5. The maximum atomic E-state index is 12.5. The Kier molecular flexibility index (Phi) is 6.63. The lowest BCUT2D eigenvalue weighted by molar-refractivity contribution is 0.0654. The minimum absolute atomic E-state index is 0.0608. The van der Waals surface area contributed by atoms with Crippen LogP contribution in [0.3, 0.4) is 0 Å². The Labute approximate surface area is 115 Å². The van der Waals surface area contributed by atoms with Crippen molar-refractivity contribution in [2.24, 2.45) is 11.3 Å². The molecule has 0 saturated heterocycles. The van der Waals surface area contributed by atoms with Crippen molar-refractivity contribution in [2.75, 3.05) is 32.8 Å². The maximum Gasteiger partial charge on any atom is 0.251 e. The Balaban J connectivity index is 2.61. The SMILES string of the molecule is CCNC1C(CN(CCO)CC(F)F)CCC1(C)C. The van der Waals surface area contributed by atoms with Crippen molar-refractivity contribution in [2.45, 2.75) is 46.1 Å². The highest BCUT2D eigenvalue weighted by atomic mass is 19.3. The molecule has 0 bridgehead atoms. The van der Waals surface area contributed by atoms with E-state index in [1.54, 1.807) is 4.90 Å². The predicted octanol–water partition coefficient (Wildman–Crippen LogP) is 1.96. The van der Waals surface area contributed by atoms with Crippen LogP contribution in [0.25, 0.3) is 0 Å². The lowest BCUT2D eigenvalue weighted by atomic mass is 9.84. The third-order valence-electron chi connectivity index (χ3n) is 4.20. The Morgan fingerprint density at radius 3 is 2.63 bits per heavy atom. The number of hydrogen-bond acceptors (Lipinski definition) is 3. The Bertz CT molecular complexity index is 262. The summed E-state index contributed by atoms with van der Waals surface area (Å²) in [6, 6.07) is 0.372. The number of nitrogens with one attached hydrogen (secondary N) is 1. The molecule has 0 aromatic rings. The summed E-state index contributed by atoms with van der Waals surface area (Å²) in [5.41, 5.74) is 0.219. The van der Waals surface area contributed by atoms with Crippen LogP contribution in [0.4, 0.5) is 8.78 Å². The van der Waals surface area contributed by atoms with E-state index in [1.807, 2.05) is 0 Å². The molecule has 1 aliphatic rings. The van der Waals surface area contributed by atoms with Crippen LogP contribution in [0.15, 0.2) is 0 Å².